The molecular weight excluding hydrogens is 418 g/mol. The Labute approximate surface area is 196 Å². The Balaban J connectivity index is 2.34. The van der Waals surface area contributed by atoms with Gasteiger partial charge in [0.2, 0.25) is 5.91 Å². The van der Waals surface area contributed by atoms with Crippen LogP contribution in [0.1, 0.15) is 57.4 Å². The first-order valence-electron chi connectivity index (χ1n) is 11.2. The van der Waals surface area contributed by atoms with E-state index < -0.39 is 23.8 Å². The van der Waals surface area contributed by atoms with E-state index in [4.69, 9.17) is 4.74 Å². The Kier molecular flexibility index (Phi) is 8.63. The molecule has 3 amide bonds. The summed E-state index contributed by atoms with van der Waals surface area (Å²) in [5, 5.41) is 5.59. The van der Waals surface area contributed by atoms with Gasteiger partial charge in [-0.1, -0.05) is 48.5 Å². The van der Waals surface area contributed by atoms with E-state index in [-0.39, 0.29) is 18.4 Å². The van der Waals surface area contributed by atoms with E-state index in [0.717, 1.165) is 16.8 Å². The second-order valence-electron chi connectivity index (χ2n) is 9.06. The van der Waals surface area contributed by atoms with E-state index in [1.165, 1.54) is 4.90 Å². The topological polar surface area (TPSA) is 87.7 Å². The Morgan fingerprint density at radius 3 is 2.06 bits per heavy atom. The molecule has 2 rings (SSSR count). The number of rotatable bonds is 7. The number of ether oxygens (including phenoxy) is 1. The van der Waals surface area contributed by atoms with E-state index in [0.29, 0.717) is 5.56 Å². The Morgan fingerprint density at radius 2 is 1.55 bits per heavy atom. The molecule has 0 fully saturated rings. The Morgan fingerprint density at radius 1 is 0.970 bits per heavy atom. The van der Waals surface area contributed by atoms with Gasteiger partial charge in [-0.2, -0.15) is 0 Å². The first-order valence-corrected chi connectivity index (χ1v) is 11.2. The molecule has 0 spiro atoms. The van der Waals surface area contributed by atoms with E-state index >= 15 is 0 Å². The van der Waals surface area contributed by atoms with E-state index in [9.17, 15) is 14.4 Å². The summed E-state index contributed by atoms with van der Waals surface area (Å²) in [5.74, 6) is -0.702. The molecule has 0 bridgehead atoms. The van der Waals surface area contributed by atoms with Crippen LogP contribution in [0.15, 0.2) is 48.5 Å². The molecule has 0 saturated carbocycles. The highest BCUT2D eigenvalue weighted by Crippen LogP contribution is 2.26. The van der Waals surface area contributed by atoms with E-state index in [1.54, 1.807) is 34.6 Å². The van der Waals surface area contributed by atoms with Crippen LogP contribution in [0.2, 0.25) is 0 Å². The third kappa shape index (κ3) is 7.07. The molecule has 2 atom stereocenters. The molecule has 7 heteroatoms. The number of nitrogens with zero attached hydrogens (tertiary/aromatic N) is 1. The number of aryl methyl sites for hydroxylation is 2. The van der Waals surface area contributed by atoms with Crippen molar-refractivity contribution < 1.29 is 19.1 Å². The van der Waals surface area contributed by atoms with Crippen molar-refractivity contribution in [2.24, 2.45) is 0 Å². The van der Waals surface area contributed by atoms with Gasteiger partial charge >= 0.3 is 6.09 Å². The molecule has 2 aromatic rings. The number of likely N-dealkylation sites (N-methyl/N-ethyl adjacent to an activating group) is 1. The van der Waals surface area contributed by atoms with Gasteiger partial charge in [-0.3, -0.25) is 9.59 Å². The quantitative estimate of drug-likeness (QED) is 0.634. The van der Waals surface area contributed by atoms with Crippen molar-refractivity contribution in [3.8, 4) is 0 Å². The number of hydrogen-bond donors (Lipinski definition) is 2. The molecule has 2 aromatic carbocycles. The second kappa shape index (κ2) is 11.0. The van der Waals surface area contributed by atoms with Crippen molar-refractivity contribution in [2.45, 2.75) is 66.2 Å². The summed E-state index contributed by atoms with van der Waals surface area (Å²) in [6, 6.07) is 13.2. The average molecular weight is 454 g/mol. The van der Waals surface area contributed by atoms with Crippen LogP contribution in [0, 0.1) is 13.8 Å². The van der Waals surface area contributed by atoms with Crippen LogP contribution in [0.5, 0.6) is 0 Å². The minimum absolute atomic E-state index is 0.277. The lowest BCUT2D eigenvalue weighted by Crippen LogP contribution is -2.51. The summed E-state index contributed by atoms with van der Waals surface area (Å²) in [7, 11) is 0. The molecule has 7 nitrogen and oxygen atoms in total. The summed E-state index contributed by atoms with van der Waals surface area (Å²) in [6.07, 6.45) is -0.685. The number of alkyl carbamates (subject to hydrolysis) is 1. The Hall–Kier alpha value is -3.35. The lowest BCUT2D eigenvalue weighted by molar-refractivity contribution is -0.140. The summed E-state index contributed by atoms with van der Waals surface area (Å²) >= 11 is 0. The van der Waals surface area contributed by atoms with Crippen molar-refractivity contribution in [1.29, 1.82) is 0 Å². The molecule has 0 saturated heterocycles. The number of hydrogen-bond acceptors (Lipinski definition) is 4. The van der Waals surface area contributed by atoms with Crippen LogP contribution < -0.4 is 10.6 Å². The van der Waals surface area contributed by atoms with Gasteiger partial charge in [0.1, 0.15) is 17.7 Å². The lowest BCUT2D eigenvalue weighted by Gasteiger charge is -2.33. The van der Waals surface area contributed by atoms with Crippen molar-refractivity contribution in [3.05, 3.63) is 65.2 Å². The molecule has 33 heavy (non-hydrogen) atoms. The van der Waals surface area contributed by atoms with Crippen molar-refractivity contribution in [3.63, 3.8) is 0 Å². The standard InChI is InChI=1S/C26H35N3O4/c1-8-29(24(31)19(4)27-25(32)33-26(5,6)7)22(20-15-10-9-11-16-20)23(30)28-21-17(2)13-12-14-18(21)3/h9-16,19,22H,8H2,1-7H3,(H,27,32)(H,28,30). The zero-order chi connectivity index (χ0) is 24.8. The third-order valence-electron chi connectivity index (χ3n) is 5.13. The predicted molar refractivity (Wildman–Crippen MR) is 130 cm³/mol. The smallest absolute Gasteiger partial charge is 0.408 e. The van der Waals surface area contributed by atoms with E-state index in [1.807, 2.05) is 62.4 Å². The number of benzene rings is 2. The molecule has 0 aromatic heterocycles. The molecule has 0 aliphatic rings. The molecule has 2 unspecified atom stereocenters. The molecule has 0 aliphatic heterocycles. The van der Waals surface area contributed by atoms with Crippen LogP contribution >= 0.6 is 0 Å². The first kappa shape index (κ1) is 25.9. The molecule has 178 valence electrons. The Bertz CT molecular complexity index is 963. The average Bonchev–Trinajstić information content (AvgIpc) is 2.73. The van der Waals surface area contributed by atoms with Crippen LogP contribution in [0.3, 0.4) is 0 Å². The summed E-state index contributed by atoms with van der Waals surface area (Å²) in [6.45, 7) is 12.8. The van der Waals surface area contributed by atoms with Gasteiger partial charge in [-0.25, -0.2) is 4.79 Å². The maximum absolute atomic E-state index is 13.5. The molecular formula is C26H35N3O4. The minimum atomic E-state index is -0.876. The van der Waals surface area contributed by atoms with Gasteiger partial charge in [0.15, 0.2) is 0 Å². The second-order valence-corrected chi connectivity index (χ2v) is 9.06. The van der Waals surface area contributed by atoms with E-state index in [2.05, 4.69) is 10.6 Å². The predicted octanol–water partition coefficient (Wildman–Crippen LogP) is 4.74. The number of carbonyl (C=O) groups excluding carboxylic acids is 3. The zero-order valence-electron chi connectivity index (χ0n) is 20.6. The normalized spacial score (nSPS) is 12.9. The summed E-state index contributed by atoms with van der Waals surface area (Å²) < 4.78 is 5.27. The van der Waals surface area contributed by atoms with Gasteiger partial charge in [0.25, 0.3) is 5.91 Å². The van der Waals surface area contributed by atoms with Crippen molar-refractivity contribution >= 4 is 23.6 Å². The van der Waals surface area contributed by atoms with Crippen LogP contribution in [0.25, 0.3) is 0 Å². The number of para-hydroxylation sites is 1. The molecule has 0 aliphatic carbocycles. The third-order valence-corrected chi connectivity index (χ3v) is 5.13. The highest BCUT2D eigenvalue weighted by atomic mass is 16.6. The maximum atomic E-state index is 13.5. The van der Waals surface area contributed by atoms with Gasteiger partial charge in [0.05, 0.1) is 0 Å². The van der Waals surface area contributed by atoms with Gasteiger partial charge < -0.3 is 20.3 Å². The van der Waals surface area contributed by atoms with Gasteiger partial charge in [-0.05, 0) is 65.2 Å². The fourth-order valence-electron chi connectivity index (χ4n) is 3.57. The molecule has 0 heterocycles. The number of carbonyl (C=O) groups is 3. The highest BCUT2D eigenvalue weighted by Gasteiger charge is 2.34. The number of anilines is 1. The monoisotopic (exact) mass is 453 g/mol. The largest absolute Gasteiger partial charge is 0.444 e. The lowest BCUT2D eigenvalue weighted by atomic mass is 10.0. The first-order chi connectivity index (χ1) is 15.4. The minimum Gasteiger partial charge on any atom is -0.444 e. The fourth-order valence-corrected chi connectivity index (χ4v) is 3.57. The fraction of sp³-hybridized carbons (Fsp3) is 0.423. The van der Waals surface area contributed by atoms with Crippen LogP contribution in [0.4, 0.5) is 10.5 Å². The number of amides is 3. The molecule has 2 N–H and O–H groups in total. The summed E-state index contributed by atoms with van der Waals surface area (Å²) in [5.41, 5.74) is 2.59. The van der Waals surface area contributed by atoms with Gasteiger partial charge in [-0.15, -0.1) is 0 Å². The SMILES string of the molecule is CCN(C(=O)C(C)NC(=O)OC(C)(C)C)C(C(=O)Nc1c(C)cccc1C)c1ccccc1. The van der Waals surface area contributed by atoms with Crippen molar-refractivity contribution in [1.82, 2.24) is 10.2 Å². The van der Waals surface area contributed by atoms with Crippen molar-refractivity contribution in [2.75, 3.05) is 11.9 Å². The van der Waals surface area contributed by atoms with Crippen LogP contribution in [-0.4, -0.2) is 41.0 Å². The molecule has 0 radical (unpaired) electrons. The summed E-state index contributed by atoms with van der Waals surface area (Å²) in [4.78, 5) is 40.6. The zero-order valence-corrected chi connectivity index (χ0v) is 20.6. The van der Waals surface area contributed by atoms with Crippen LogP contribution in [-0.2, 0) is 14.3 Å². The maximum Gasteiger partial charge on any atom is 0.408 e. The highest BCUT2D eigenvalue weighted by molar-refractivity contribution is 5.99. The van der Waals surface area contributed by atoms with Gasteiger partial charge in [0, 0.05) is 12.2 Å². The number of nitrogens with one attached hydrogen (secondary N) is 2.